The van der Waals surface area contributed by atoms with Crippen molar-refractivity contribution in [1.82, 2.24) is 0 Å². The van der Waals surface area contributed by atoms with Crippen molar-refractivity contribution in [3.05, 3.63) is 0 Å². The van der Waals surface area contributed by atoms with Gasteiger partial charge in [-0.2, -0.15) is 0 Å². The van der Waals surface area contributed by atoms with Gasteiger partial charge in [0.15, 0.2) is 0 Å². The molecule has 0 aliphatic heterocycles. The minimum absolute atomic E-state index is 0.813. The molecular weight excluding hydrogens is 244 g/mol. The second-order valence-corrected chi connectivity index (χ2v) is 15.4. The summed E-state index contributed by atoms with van der Waals surface area (Å²) in [5.41, 5.74) is 0. The zero-order valence-corrected chi connectivity index (χ0v) is 9.77. The molecule has 0 atom stereocenters. The third kappa shape index (κ3) is 5.40. The normalized spacial score (nSPS) is 12.0. The molecule has 0 aromatic rings. The topological polar surface area (TPSA) is 0 Å². The molecular formula is C6H14BrFGe. The Labute approximate surface area is 66.7 Å². The van der Waals surface area contributed by atoms with E-state index in [-0.39, 0.29) is 0 Å². The van der Waals surface area contributed by atoms with Crippen LogP contribution >= 0.6 is 14.0 Å². The molecule has 0 aromatic heterocycles. The van der Waals surface area contributed by atoms with Crippen molar-refractivity contribution in [2.45, 2.75) is 37.2 Å². The zero-order chi connectivity index (χ0) is 7.33. The average molecular weight is 258 g/mol. The van der Waals surface area contributed by atoms with Crippen LogP contribution in [-0.2, 0) is 0 Å². The van der Waals surface area contributed by atoms with Crippen molar-refractivity contribution < 1.29 is 3.50 Å². The van der Waals surface area contributed by atoms with Crippen molar-refractivity contribution in [2.24, 2.45) is 0 Å². The van der Waals surface area contributed by atoms with Gasteiger partial charge in [-0.25, -0.2) is 0 Å². The first-order valence-electron chi connectivity index (χ1n) is 3.50. The van der Waals surface area contributed by atoms with Crippen molar-refractivity contribution >= 4 is 25.9 Å². The van der Waals surface area contributed by atoms with E-state index in [0.717, 1.165) is 23.3 Å². The fourth-order valence-corrected chi connectivity index (χ4v) is 8.57. The quantitative estimate of drug-likeness (QED) is 0.675. The van der Waals surface area contributed by atoms with Gasteiger partial charge in [0.25, 0.3) is 0 Å². The zero-order valence-electron chi connectivity index (χ0n) is 6.08. The van der Waals surface area contributed by atoms with Crippen LogP contribution in [0, 0.1) is 0 Å². The standard InChI is InChI=1S/C6H14BrFGe/c1-3-5-9(7,8)6-4-2/h3-6H2,1-2H3. The van der Waals surface area contributed by atoms with E-state index < -0.39 is 11.9 Å². The van der Waals surface area contributed by atoms with Gasteiger partial charge in [0.1, 0.15) is 0 Å². The third-order valence-electron chi connectivity index (χ3n) is 1.23. The van der Waals surface area contributed by atoms with Gasteiger partial charge in [0.2, 0.25) is 0 Å². The van der Waals surface area contributed by atoms with Crippen LogP contribution in [0.1, 0.15) is 26.7 Å². The first-order chi connectivity index (χ1) is 4.12. The van der Waals surface area contributed by atoms with Crippen molar-refractivity contribution in [3.63, 3.8) is 0 Å². The van der Waals surface area contributed by atoms with E-state index in [2.05, 4.69) is 14.0 Å². The molecule has 0 N–H and O–H groups in total. The van der Waals surface area contributed by atoms with E-state index in [0.29, 0.717) is 0 Å². The van der Waals surface area contributed by atoms with Crippen LogP contribution in [0.25, 0.3) is 0 Å². The monoisotopic (exact) mass is 258 g/mol. The van der Waals surface area contributed by atoms with Crippen LogP contribution in [0.3, 0.4) is 0 Å². The summed E-state index contributed by atoms with van der Waals surface area (Å²) in [6.45, 7) is 4.08. The van der Waals surface area contributed by atoms with Crippen LogP contribution in [0.15, 0.2) is 0 Å². The van der Waals surface area contributed by atoms with Gasteiger partial charge < -0.3 is 0 Å². The fourth-order valence-electron chi connectivity index (χ4n) is 0.857. The van der Waals surface area contributed by atoms with Crippen molar-refractivity contribution in [2.75, 3.05) is 0 Å². The van der Waals surface area contributed by atoms with Crippen LogP contribution in [0.2, 0.25) is 10.5 Å². The molecule has 0 nitrogen and oxygen atoms in total. The van der Waals surface area contributed by atoms with Crippen LogP contribution in [-0.4, -0.2) is 11.9 Å². The number of halogens is 2. The number of hydrogen-bond donors (Lipinski definition) is 0. The fraction of sp³-hybridized carbons (Fsp3) is 1.00. The summed E-state index contributed by atoms with van der Waals surface area (Å²) < 4.78 is 13.2. The minimum atomic E-state index is -2.85. The van der Waals surface area contributed by atoms with Gasteiger partial charge in [-0.15, -0.1) is 0 Å². The third-order valence-corrected chi connectivity index (χ3v) is 10.5. The molecule has 0 heterocycles. The number of rotatable bonds is 4. The van der Waals surface area contributed by atoms with E-state index in [1.165, 1.54) is 0 Å². The Hall–Kier alpha value is 0.953. The van der Waals surface area contributed by atoms with Gasteiger partial charge in [0.05, 0.1) is 0 Å². The molecule has 0 bridgehead atoms. The van der Waals surface area contributed by atoms with E-state index in [4.69, 9.17) is 0 Å². The average Bonchev–Trinajstić information content (AvgIpc) is 1.64. The molecule has 0 spiro atoms. The first-order valence-corrected chi connectivity index (χ1v) is 12.2. The summed E-state index contributed by atoms with van der Waals surface area (Å²) in [4.78, 5) is 0. The molecule has 0 saturated heterocycles. The van der Waals surface area contributed by atoms with Crippen molar-refractivity contribution in [3.8, 4) is 0 Å². The molecule has 0 radical (unpaired) electrons. The van der Waals surface area contributed by atoms with E-state index in [1.54, 1.807) is 0 Å². The summed E-state index contributed by atoms with van der Waals surface area (Å²) in [6, 6.07) is 0. The van der Waals surface area contributed by atoms with Gasteiger partial charge in [-0.1, -0.05) is 0 Å². The molecule has 3 heteroatoms. The summed E-state index contributed by atoms with van der Waals surface area (Å²) in [7, 11) is 0. The predicted molar refractivity (Wildman–Crippen MR) is 46.0 cm³/mol. The SMILES string of the molecule is CC[CH2][Ge]([F])([Br])[CH2]CC. The maximum absolute atomic E-state index is 13.2. The van der Waals surface area contributed by atoms with E-state index in [9.17, 15) is 3.50 Å². The Bertz CT molecular complexity index is 67.5. The Morgan fingerprint density at radius 3 is 1.78 bits per heavy atom. The Balaban J connectivity index is 3.43. The molecule has 0 unspecified atom stereocenters. The predicted octanol–water partition coefficient (Wildman–Crippen LogP) is 3.61. The van der Waals surface area contributed by atoms with Crippen LogP contribution in [0.4, 0.5) is 3.50 Å². The first kappa shape index (κ1) is 9.95. The van der Waals surface area contributed by atoms with Crippen molar-refractivity contribution in [1.29, 1.82) is 0 Å². The van der Waals surface area contributed by atoms with E-state index in [1.807, 2.05) is 13.8 Å². The molecule has 0 fully saturated rings. The summed E-state index contributed by atoms with van der Waals surface area (Å²) in [5.74, 6) is 0. The molecule has 0 aromatic carbocycles. The Morgan fingerprint density at radius 2 is 1.56 bits per heavy atom. The second-order valence-electron chi connectivity index (χ2n) is 2.36. The molecule has 9 heavy (non-hydrogen) atoms. The Kier molecular flexibility index (Phi) is 5.22. The van der Waals surface area contributed by atoms with Gasteiger partial charge in [0, 0.05) is 0 Å². The molecule has 0 amide bonds. The second kappa shape index (κ2) is 4.72. The molecule has 0 aliphatic rings. The summed E-state index contributed by atoms with van der Waals surface area (Å²) >= 11 is 0.376. The van der Waals surface area contributed by atoms with E-state index >= 15 is 0 Å². The number of hydrogen-bond acceptors (Lipinski definition) is 0. The van der Waals surface area contributed by atoms with Crippen LogP contribution in [0.5, 0.6) is 0 Å². The van der Waals surface area contributed by atoms with Gasteiger partial charge in [-0.3, -0.25) is 0 Å². The molecule has 56 valence electrons. The van der Waals surface area contributed by atoms with Gasteiger partial charge in [-0.05, 0) is 0 Å². The molecule has 0 saturated carbocycles. The van der Waals surface area contributed by atoms with Crippen LogP contribution < -0.4 is 0 Å². The molecule has 0 aliphatic carbocycles. The molecule has 0 rings (SSSR count). The summed E-state index contributed by atoms with van der Waals surface area (Å²) in [6.07, 6.45) is 1.98. The van der Waals surface area contributed by atoms with Gasteiger partial charge >= 0.3 is 66.6 Å². The summed E-state index contributed by atoms with van der Waals surface area (Å²) in [5, 5.41) is 1.63. The maximum atomic E-state index is 13.2. The Morgan fingerprint density at radius 1 is 1.22 bits per heavy atom.